The van der Waals surface area contributed by atoms with Crippen molar-refractivity contribution in [3.05, 3.63) is 102 Å². The Labute approximate surface area is 197 Å². The lowest BCUT2D eigenvalue weighted by molar-refractivity contribution is -0.143. The number of amides is 1. The fraction of sp³-hybridized carbons (Fsp3) is 0.179. The Morgan fingerprint density at radius 1 is 0.882 bits per heavy atom. The van der Waals surface area contributed by atoms with Gasteiger partial charge < -0.3 is 14.8 Å². The third-order valence-corrected chi connectivity index (χ3v) is 6.19. The monoisotopic (exact) mass is 452 g/mol. The van der Waals surface area contributed by atoms with Crippen molar-refractivity contribution in [2.75, 3.05) is 13.7 Å². The van der Waals surface area contributed by atoms with Crippen LogP contribution in [0.15, 0.2) is 84.9 Å². The van der Waals surface area contributed by atoms with Crippen molar-refractivity contribution in [2.45, 2.75) is 18.4 Å². The van der Waals surface area contributed by atoms with Crippen LogP contribution in [-0.2, 0) is 20.7 Å². The Kier molecular flexibility index (Phi) is 5.95. The van der Waals surface area contributed by atoms with Gasteiger partial charge in [0.25, 0.3) is 0 Å². The number of benzene rings is 3. The molecule has 1 aromatic heterocycles. The highest BCUT2D eigenvalue weighted by atomic mass is 16.6. The molecule has 170 valence electrons. The fourth-order valence-electron chi connectivity index (χ4n) is 4.55. The van der Waals surface area contributed by atoms with Gasteiger partial charge in [-0.05, 0) is 34.4 Å². The molecular weight excluding hydrogens is 428 g/mol. The van der Waals surface area contributed by atoms with Gasteiger partial charge in [0, 0.05) is 23.4 Å². The summed E-state index contributed by atoms with van der Waals surface area (Å²) in [4.78, 5) is 29.7. The van der Waals surface area contributed by atoms with Crippen LogP contribution >= 0.6 is 0 Å². The molecule has 0 spiro atoms. The van der Waals surface area contributed by atoms with Crippen LogP contribution < -0.4 is 5.32 Å². The molecule has 0 unspecified atom stereocenters. The highest BCUT2D eigenvalue weighted by Gasteiger charge is 2.30. The molecule has 0 saturated carbocycles. The molecule has 1 heterocycles. The first-order chi connectivity index (χ1) is 16.6. The first-order valence-corrected chi connectivity index (χ1v) is 11.2. The number of ether oxygens (including phenoxy) is 2. The van der Waals surface area contributed by atoms with E-state index in [1.54, 1.807) is 0 Å². The van der Waals surface area contributed by atoms with E-state index in [9.17, 15) is 9.59 Å². The van der Waals surface area contributed by atoms with E-state index in [0.29, 0.717) is 5.69 Å². The van der Waals surface area contributed by atoms with Gasteiger partial charge in [-0.25, -0.2) is 9.59 Å². The minimum Gasteiger partial charge on any atom is -0.467 e. The molecule has 1 aliphatic rings. The Morgan fingerprint density at radius 2 is 1.53 bits per heavy atom. The zero-order valence-electron chi connectivity index (χ0n) is 18.7. The molecule has 0 bridgehead atoms. The number of nitrogens with one attached hydrogen (secondary N) is 1. The SMILES string of the molecule is COC(=O)[C@H](Cc1ccc2ccccc2n1)NC(=O)OCC1c2ccccc2-c2ccccc21. The van der Waals surface area contributed by atoms with Gasteiger partial charge in [-0.15, -0.1) is 0 Å². The second-order valence-corrected chi connectivity index (χ2v) is 8.25. The van der Waals surface area contributed by atoms with E-state index in [1.807, 2.05) is 60.7 Å². The van der Waals surface area contributed by atoms with Crippen LogP contribution in [0.1, 0.15) is 22.7 Å². The number of para-hydroxylation sites is 1. The van der Waals surface area contributed by atoms with Gasteiger partial charge >= 0.3 is 12.1 Å². The summed E-state index contributed by atoms with van der Waals surface area (Å²) in [5, 5.41) is 3.67. The standard InChI is InChI=1S/C28H24N2O4/c1-33-27(31)26(16-19-15-14-18-8-2-7-13-25(18)29-19)30-28(32)34-17-24-22-11-5-3-9-20(22)21-10-4-6-12-23(21)24/h2-15,24,26H,16-17H2,1H3,(H,30,32)/t26-/m0/s1. The number of fused-ring (bicyclic) bond motifs is 4. The molecule has 0 fully saturated rings. The predicted octanol–water partition coefficient (Wildman–Crippen LogP) is 4.86. The second kappa shape index (κ2) is 9.35. The smallest absolute Gasteiger partial charge is 0.407 e. The molecule has 34 heavy (non-hydrogen) atoms. The maximum atomic E-state index is 12.7. The molecule has 0 saturated heterocycles. The van der Waals surface area contributed by atoms with Gasteiger partial charge in [-0.3, -0.25) is 4.98 Å². The molecule has 6 heteroatoms. The molecule has 1 aliphatic carbocycles. The molecular formula is C28H24N2O4. The van der Waals surface area contributed by atoms with Crippen LogP contribution in [0.3, 0.4) is 0 Å². The van der Waals surface area contributed by atoms with Crippen LogP contribution in [0.25, 0.3) is 22.0 Å². The molecule has 5 rings (SSSR count). The number of methoxy groups -OCH3 is 1. The van der Waals surface area contributed by atoms with Crippen molar-refractivity contribution in [3.8, 4) is 11.1 Å². The number of carbonyl (C=O) groups excluding carboxylic acids is 2. The van der Waals surface area contributed by atoms with Crippen molar-refractivity contribution in [1.82, 2.24) is 10.3 Å². The predicted molar refractivity (Wildman–Crippen MR) is 129 cm³/mol. The summed E-state index contributed by atoms with van der Waals surface area (Å²) in [5.74, 6) is -0.611. The van der Waals surface area contributed by atoms with Crippen LogP contribution in [0.2, 0.25) is 0 Å². The van der Waals surface area contributed by atoms with Crippen LogP contribution in [-0.4, -0.2) is 36.8 Å². The van der Waals surface area contributed by atoms with Gasteiger partial charge in [0.15, 0.2) is 0 Å². The first kappa shape index (κ1) is 21.6. The van der Waals surface area contributed by atoms with Gasteiger partial charge in [-0.2, -0.15) is 0 Å². The topological polar surface area (TPSA) is 77.5 Å². The molecule has 1 amide bonds. The Morgan fingerprint density at radius 3 is 2.24 bits per heavy atom. The normalized spacial score (nSPS) is 13.1. The summed E-state index contributed by atoms with van der Waals surface area (Å²) >= 11 is 0. The highest BCUT2D eigenvalue weighted by Crippen LogP contribution is 2.44. The van der Waals surface area contributed by atoms with Crippen LogP contribution in [0.5, 0.6) is 0 Å². The third-order valence-electron chi connectivity index (χ3n) is 6.19. The molecule has 3 aromatic carbocycles. The van der Waals surface area contributed by atoms with E-state index >= 15 is 0 Å². The van der Waals surface area contributed by atoms with Gasteiger partial charge in [0.1, 0.15) is 12.6 Å². The van der Waals surface area contributed by atoms with E-state index in [2.05, 4.69) is 34.6 Å². The summed E-state index contributed by atoms with van der Waals surface area (Å²) in [6.45, 7) is 0.169. The van der Waals surface area contributed by atoms with Crippen molar-refractivity contribution in [2.24, 2.45) is 0 Å². The van der Waals surface area contributed by atoms with E-state index in [-0.39, 0.29) is 18.9 Å². The minimum atomic E-state index is -0.908. The number of nitrogens with zero attached hydrogens (tertiary/aromatic N) is 1. The first-order valence-electron chi connectivity index (χ1n) is 11.2. The maximum Gasteiger partial charge on any atom is 0.407 e. The van der Waals surface area contributed by atoms with Crippen LogP contribution in [0.4, 0.5) is 4.79 Å². The number of carbonyl (C=O) groups is 2. The minimum absolute atomic E-state index is 0.0584. The zero-order chi connectivity index (χ0) is 23.5. The quantitative estimate of drug-likeness (QED) is 0.423. The Hall–Kier alpha value is -4.19. The number of alkyl carbamates (subject to hydrolysis) is 1. The molecule has 0 aliphatic heterocycles. The largest absolute Gasteiger partial charge is 0.467 e. The third kappa shape index (κ3) is 4.22. The van der Waals surface area contributed by atoms with E-state index < -0.39 is 18.1 Å². The number of esters is 1. The summed E-state index contributed by atoms with van der Waals surface area (Å²) < 4.78 is 10.5. The molecule has 1 N–H and O–H groups in total. The number of hydrogen-bond acceptors (Lipinski definition) is 5. The van der Waals surface area contributed by atoms with E-state index in [1.165, 1.54) is 7.11 Å². The number of rotatable bonds is 6. The molecule has 1 atom stereocenters. The van der Waals surface area contributed by atoms with Crippen molar-refractivity contribution >= 4 is 23.0 Å². The second-order valence-electron chi connectivity index (χ2n) is 8.25. The summed E-state index contributed by atoms with van der Waals surface area (Å²) in [6.07, 6.45) is -0.472. The summed E-state index contributed by atoms with van der Waals surface area (Å²) in [7, 11) is 1.29. The fourth-order valence-corrected chi connectivity index (χ4v) is 4.55. The molecule has 6 nitrogen and oxygen atoms in total. The van der Waals surface area contributed by atoms with Crippen molar-refractivity contribution in [1.29, 1.82) is 0 Å². The average molecular weight is 453 g/mol. The van der Waals surface area contributed by atoms with E-state index in [4.69, 9.17) is 9.47 Å². The lowest BCUT2D eigenvalue weighted by Gasteiger charge is -2.18. The summed E-state index contributed by atoms with van der Waals surface area (Å²) in [6, 6.07) is 26.9. The molecule has 4 aromatic rings. The van der Waals surface area contributed by atoms with Crippen LogP contribution in [0, 0.1) is 0 Å². The van der Waals surface area contributed by atoms with Crippen molar-refractivity contribution in [3.63, 3.8) is 0 Å². The van der Waals surface area contributed by atoms with Gasteiger partial charge in [-0.1, -0.05) is 72.8 Å². The number of hydrogen-bond donors (Lipinski definition) is 1. The van der Waals surface area contributed by atoms with Crippen molar-refractivity contribution < 1.29 is 19.1 Å². The Balaban J connectivity index is 1.28. The Bertz CT molecular complexity index is 1320. The van der Waals surface area contributed by atoms with Gasteiger partial charge in [0.2, 0.25) is 0 Å². The maximum absolute atomic E-state index is 12.7. The lowest BCUT2D eigenvalue weighted by atomic mass is 9.98. The highest BCUT2D eigenvalue weighted by molar-refractivity contribution is 5.83. The van der Waals surface area contributed by atoms with Gasteiger partial charge in [0.05, 0.1) is 12.6 Å². The average Bonchev–Trinajstić information content (AvgIpc) is 3.20. The molecule has 0 radical (unpaired) electrons. The number of pyridine rings is 1. The lowest BCUT2D eigenvalue weighted by Crippen LogP contribution is -2.43. The zero-order valence-corrected chi connectivity index (χ0v) is 18.7. The van der Waals surface area contributed by atoms with E-state index in [0.717, 1.165) is 33.2 Å². The summed E-state index contributed by atoms with van der Waals surface area (Å²) in [5.41, 5.74) is 6.06. The number of aromatic nitrogens is 1.